The molecule has 0 aliphatic carbocycles. The number of allylic oxidation sites excluding steroid dienone is 1. The van der Waals surface area contributed by atoms with Crippen LogP contribution in [0.3, 0.4) is 0 Å². The summed E-state index contributed by atoms with van der Waals surface area (Å²) in [5.74, 6) is 0.108. The molecule has 3 atom stereocenters. The van der Waals surface area contributed by atoms with E-state index in [1.54, 1.807) is 0 Å². The molecular weight excluding hydrogens is 272 g/mol. The van der Waals surface area contributed by atoms with Gasteiger partial charge < -0.3 is 18.9 Å². The Balaban J connectivity index is 2.00. The zero-order chi connectivity index (χ0) is 15.5. The molecule has 0 N–H and O–H groups in total. The zero-order valence-electron chi connectivity index (χ0n) is 13.3. The largest absolute Gasteiger partial charge is 0.472 e. The third-order valence-corrected chi connectivity index (χ3v) is 4.06. The van der Waals surface area contributed by atoms with Crippen LogP contribution in [0.25, 0.3) is 0 Å². The van der Waals surface area contributed by atoms with Gasteiger partial charge in [-0.25, -0.2) is 0 Å². The average molecular weight is 298 g/mol. The Morgan fingerprint density at radius 1 is 1.38 bits per heavy atom. The van der Waals surface area contributed by atoms with Crippen LogP contribution in [0.1, 0.15) is 34.1 Å². The maximum Gasteiger partial charge on any atom is 0.202 e. The van der Waals surface area contributed by atoms with Crippen molar-refractivity contribution in [3.8, 4) is 0 Å². The van der Waals surface area contributed by atoms with E-state index in [0.29, 0.717) is 31.8 Å². The van der Waals surface area contributed by atoms with Gasteiger partial charge in [0.15, 0.2) is 6.29 Å². The van der Waals surface area contributed by atoms with Crippen LogP contribution in [-0.2, 0) is 23.7 Å². The second-order valence-corrected chi connectivity index (χ2v) is 6.61. The summed E-state index contributed by atoms with van der Waals surface area (Å²) in [5, 5.41) is 0. The van der Waals surface area contributed by atoms with Gasteiger partial charge in [0.05, 0.1) is 19.5 Å². The molecule has 1 saturated heterocycles. The van der Waals surface area contributed by atoms with Gasteiger partial charge in [-0.3, -0.25) is 4.79 Å². The highest BCUT2D eigenvalue weighted by Gasteiger charge is 2.37. The van der Waals surface area contributed by atoms with Crippen molar-refractivity contribution < 1.29 is 23.7 Å². The van der Waals surface area contributed by atoms with Gasteiger partial charge in [0, 0.05) is 35.9 Å². The fourth-order valence-electron chi connectivity index (χ4n) is 2.74. The predicted molar refractivity (Wildman–Crippen MR) is 77.4 cm³/mol. The maximum atomic E-state index is 11.3. The highest BCUT2D eigenvalue weighted by molar-refractivity contribution is 5.73. The fraction of sp³-hybridized carbons (Fsp3) is 0.812. The molecule has 0 aromatic rings. The molecule has 0 amide bonds. The maximum absolute atomic E-state index is 11.3. The standard InChI is InChI=1S/C16H26O5/c1-5-18-15-11(2)13(12(7-17)8-19-15)6-14-20-9-16(3,4)10-21-14/h7-8,11,13-15H,5-6,9-10H2,1-4H3. The molecule has 5 nitrogen and oxygen atoms in total. The van der Waals surface area contributed by atoms with Gasteiger partial charge in [-0.2, -0.15) is 0 Å². The Bertz CT molecular complexity index is 380. The first kappa shape index (κ1) is 16.5. The minimum absolute atomic E-state index is 0.0269. The molecule has 0 radical (unpaired) electrons. The highest BCUT2D eigenvalue weighted by Crippen LogP contribution is 2.35. The Hall–Kier alpha value is -0.910. The molecule has 5 heteroatoms. The summed E-state index contributed by atoms with van der Waals surface area (Å²) in [4.78, 5) is 11.3. The fourth-order valence-corrected chi connectivity index (χ4v) is 2.74. The average Bonchev–Trinajstić information content (AvgIpc) is 2.45. The van der Waals surface area contributed by atoms with Gasteiger partial charge in [0.25, 0.3) is 0 Å². The number of hydrogen-bond donors (Lipinski definition) is 0. The second-order valence-electron chi connectivity index (χ2n) is 6.61. The van der Waals surface area contributed by atoms with Gasteiger partial charge in [-0.1, -0.05) is 20.8 Å². The molecule has 120 valence electrons. The summed E-state index contributed by atoms with van der Waals surface area (Å²) in [6, 6.07) is 0. The van der Waals surface area contributed by atoms with Crippen LogP contribution in [0, 0.1) is 17.3 Å². The van der Waals surface area contributed by atoms with Crippen molar-refractivity contribution in [3.63, 3.8) is 0 Å². The van der Waals surface area contributed by atoms with Gasteiger partial charge in [-0.05, 0) is 6.92 Å². The summed E-state index contributed by atoms with van der Waals surface area (Å²) < 4.78 is 22.6. The van der Waals surface area contributed by atoms with Gasteiger partial charge in [0.2, 0.25) is 6.29 Å². The van der Waals surface area contributed by atoms with Crippen molar-refractivity contribution in [2.75, 3.05) is 19.8 Å². The Labute approximate surface area is 126 Å². The van der Waals surface area contributed by atoms with E-state index in [1.807, 2.05) is 13.8 Å². The SMILES string of the molecule is CCOC1OC=C(C=O)C(CC2OCC(C)(C)CO2)C1C. The third kappa shape index (κ3) is 4.05. The van der Waals surface area contributed by atoms with Crippen LogP contribution in [0.15, 0.2) is 11.8 Å². The van der Waals surface area contributed by atoms with Crippen molar-refractivity contribution in [3.05, 3.63) is 11.8 Å². The van der Waals surface area contributed by atoms with Crippen molar-refractivity contribution in [1.29, 1.82) is 0 Å². The number of hydrogen-bond acceptors (Lipinski definition) is 5. The molecule has 2 heterocycles. The third-order valence-electron chi connectivity index (χ3n) is 4.06. The summed E-state index contributed by atoms with van der Waals surface area (Å²) >= 11 is 0. The zero-order valence-corrected chi connectivity index (χ0v) is 13.3. The first-order valence-corrected chi connectivity index (χ1v) is 7.62. The number of carbonyl (C=O) groups excluding carboxylic acids is 1. The molecule has 0 aromatic carbocycles. The van der Waals surface area contributed by atoms with Crippen LogP contribution >= 0.6 is 0 Å². The molecule has 0 bridgehead atoms. The van der Waals surface area contributed by atoms with Gasteiger partial charge >= 0.3 is 0 Å². The highest BCUT2D eigenvalue weighted by atomic mass is 16.7. The van der Waals surface area contributed by atoms with Gasteiger partial charge in [0.1, 0.15) is 6.29 Å². The Morgan fingerprint density at radius 3 is 2.62 bits per heavy atom. The summed E-state index contributed by atoms with van der Waals surface area (Å²) in [5.41, 5.74) is 0.699. The van der Waals surface area contributed by atoms with E-state index >= 15 is 0 Å². The van der Waals surface area contributed by atoms with Crippen LogP contribution < -0.4 is 0 Å². The first-order valence-electron chi connectivity index (χ1n) is 7.62. The van der Waals surface area contributed by atoms with Crippen molar-refractivity contribution in [1.82, 2.24) is 0 Å². The lowest BCUT2D eigenvalue weighted by Gasteiger charge is -2.39. The van der Waals surface area contributed by atoms with E-state index in [-0.39, 0.29) is 29.8 Å². The molecule has 3 unspecified atom stereocenters. The van der Waals surface area contributed by atoms with Crippen LogP contribution in [0.2, 0.25) is 0 Å². The molecule has 21 heavy (non-hydrogen) atoms. The lowest BCUT2D eigenvalue weighted by atomic mass is 9.83. The molecular formula is C16H26O5. The quantitative estimate of drug-likeness (QED) is 0.730. The molecule has 2 aliphatic rings. The Morgan fingerprint density at radius 2 is 2.05 bits per heavy atom. The number of carbonyl (C=O) groups is 1. The van der Waals surface area contributed by atoms with Crippen LogP contribution in [0.4, 0.5) is 0 Å². The van der Waals surface area contributed by atoms with E-state index in [4.69, 9.17) is 18.9 Å². The molecule has 2 rings (SSSR count). The summed E-state index contributed by atoms with van der Waals surface area (Å²) in [6.07, 6.45) is 2.44. The first-order chi connectivity index (χ1) is 9.96. The number of rotatable bonds is 5. The smallest absolute Gasteiger partial charge is 0.202 e. The van der Waals surface area contributed by atoms with E-state index in [0.717, 1.165) is 6.29 Å². The lowest BCUT2D eigenvalue weighted by molar-refractivity contribution is -0.233. The predicted octanol–water partition coefficient (Wildman–Crippen LogP) is 2.50. The minimum atomic E-state index is -0.316. The van der Waals surface area contributed by atoms with E-state index in [2.05, 4.69) is 13.8 Å². The lowest BCUT2D eigenvalue weighted by Crippen LogP contribution is -2.41. The van der Waals surface area contributed by atoms with Crippen LogP contribution in [0.5, 0.6) is 0 Å². The summed E-state index contributed by atoms with van der Waals surface area (Å²) in [7, 11) is 0. The Kier molecular flexibility index (Phi) is 5.41. The summed E-state index contributed by atoms with van der Waals surface area (Å²) in [6.45, 7) is 10.1. The van der Waals surface area contributed by atoms with Crippen molar-refractivity contribution in [2.45, 2.75) is 46.7 Å². The van der Waals surface area contributed by atoms with E-state index in [9.17, 15) is 4.79 Å². The monoisotopic (exact) mass is 298 g/mol. The normalized spacial score (nSPS) is 33.1. The van der Waals surface area contributed by atoms with Crippen molar-refractivity contribution in [2.24, 2.45) is 17.3 Å². The molecule has 0 saturated carbocycles. The van der Waals surface area contributed by atoms with E-state index < -0.39 is 0 Å². The molecule has 0 aromatic heterocycles. The topological polar surface area (TPSA) is 54.0 Å². The molecule has 0 spiro atoms. The second kappa shape index (κ2) is 6.90. The van der Waals surface area contributed by atoms with Crippen molar-refractivity contribution >= 4 is 6.29 Å². The van der Waals surface area contributed by atoms with Gasteiger partial charge in [-0.15, -0.1) is 0 Å². The molecule has 2 aliphatic heterocycles. The molecule has 1 fully saturated rings. The minimum Gasteiger partial charge on any atom is -0.472 e. The van der Waals surface area contributed by atoms with E-state index in [1.165, 1.54) is 6.26 Å². The number of ether oxygens (including phenoxy) is 4. The van der Waals surface area contributed by atoms with Crippen LogP contribution in [-0.4, -0.2) is 38.7 Å². The number of aldehydes is 1.